The van der Waals surface area contributed by atoms with Gasteiger partial charge in [-0.15, -0.1) is 0 Å². The number of sulfone groups is 1. The van der Waals surface area contributed by atoms with Crippen LogP contribution in [0.1, 0.15) is 82.3 Å². The summed E-state index contributed by atoms with van der Waals surface area (Å²) in [6.07, 6.45) is 16.6. The second kappa shape index (κ2) is 42.9. The average molecular weight is 1980 g/mol. The molecule has 3 saturated heterocycles. The van der Waals surface area contributed by atoms with E-state index >= 15 is 0 Å². The minimum Gasteiger partial charge on any atom is -0.453 e. The summed E-state index contributed by atoms with van der Waals surface area (Å²) in [5.41, 5.74) is 10.9. The standard InChI is InChI=1S/C37H37N7O3S.C36H40N6O4S.C34H33N9O4S/c1-41-22-19-28(20-23-41)27-15-17-30(18-16-27)39-37-38-25-29-24-34(42(2)31-10-5-3-6-11-31)36(45)43(35(29)40-37)26-32-12-9-21-44(32)48(46,47)33-13-7-4-8-14-33;1-25(26-9-6-5-7-10-26)32-21-30-22-37-36(38-31-14-12-27(13-15-31)28-11-8-17-41(4)23-28)39-33(30)42(34(32)43)24-29-16-19-46-35(29)47(44,45)20-18-40(2)3;1-24-5-3-4-6-30(24)47-31-21-25-22-36-34(38-26-7-9-27(10-8-26)41-19-17-40(2)18-20-41)39-32(25)42(33(31)44)23-28-11-16-37-43(28)48(45,46)29-12-14-35-15-13-29/h3-18,21,24-25,28H,19-20,22-23,26H2,1-2H3,(H,38,39,40);5-7,9-10,12-16,19,21-22,28H,1,8,11,17-18,20,23-24H2,2-4H3,(H,37,38,39);3-16,21-22H,17-20,23H2,1-2H3,(H,36,38,39). The second-order valence-corrected chi connectivity index (χ2v) is 41.8. The number of anilines is 9. The first-order valence-corrected chi connectivity index (χ1v) is 51.7. The molecule has 3 aliphatic rings. The molecule has 7 aromatic carbocycles. The van der Waals surface area contributed by atoms with Crippen molar-refractivity contribution in [2.24, 2.45) is 0 Å². The molecule has 1 unspecified atom stereocenters. The van der Waals surface area contributed by atoms with Crippen LogP contribution in [0.4, 0.5) is 52.0 Å². The monoisotopic (exact) mass is 1970 g/mol. The van der Waals surface area contributed by atoms with Gasteiger partial charge in [0, 0.05) is 139 Å². The van der Waals surface area contributed by atoms with Crippen LogP contribution in [0.25, 0.3) is 38.7 Å². The number of fused-ring (bicyclic) bond motifs is 3. The van der Waals surface area contributed by atoms with Gasteiger partial charge in [-0.2, -0.15) is 32.6 Å². The number of nitrogens with one attached hydrogen (secondary N) is 3. The Bertz CT molecular complexity index is 8000. The summed E-state index contributed by atoms with van der Waals surface area (Å²) in [7, 11) is 0.183. The molecule has 36 heteroatoms. The smallest absolute Gasteiger partial charge is 0.295 e. The molecule has 0 aliphatic carbocycles. The number of aromatic nitrogens is 13. The zero-order valence-corrected chi connectivity index (χ0v) is 82.8. The average Bonchev–Trinajstić information content (AvgIpc) is 1.75. The minimum atomic E-state index is -4.07. The first-order valence-electron chi connectivity index (χ1n) is 47.1. The van der Waals surface area contributed by atoms with Gasteiger partial charge in [-0.1, -0.05) is 116 Å². The number of likely N-dealkylation sites (N-methyl/N-ethyl adjacent to an activating group) is 2. The predicted octanol–water partition coefficient (Wildman–Crippen LogP) is 15.8. The van der Waals surface area contributed by atoms with Gasteiger partial charge in [-0.25, -0.2) is 35.8 Å². The molecular formula is C107H110N22O11S3. The molecule has 0 bridgehead atoms. The molecule has 33 nitrogen and oxygen atoms in total. The third-order valence-corrected chi connectivity index (χ3v) is 31.1. The molecule has 17 aromatic rings. The van der Waals surface area contributed by atoms with E-state index in [1.807, 2.05) is 148 Å². The molecule has 3 fully saturated rings. The summed E-state index contributed by atoms with van der Waals surface area (Å²) < 4.78 is 99.0. The van der Waals surface area contributed by atoms with Gasteiger partial charge in [0.2, 0.25) is 32.8 Å². The van der Waals surface area contributed by atoms with Gasteiger partial charge < -0.3 is 54.5 Å². The maximum Gasteiger partial charge on any atom is 0.295 e. The van der Waals surface area contributed by atoms with Gasteiger partial charge in [0.25, 0.3) is 36.7 Å². The number of piperazine rings is 1. The molecule has 0 radical (unpaired) electrons. The van der Waals surface area contributed by atoms with Gasteiger partial charge in [-0.05, 0) is 261 Å². The van der Waals surface area contributed by atoms with Crippen LogP contribution >= 0.6 is 0 Å². The lowest BCUT2D eigenvalue weighted by atomic mass is 9.89. The molecule has 10 aromatic heterocycles. The SMILES string of the molecule is C=C(c1ccccc1)c1cc2cnc(Nc3ccc(C4CCCN(C)C4)cc3)nc2n(Cc2ccoc2S(=O)(=O)CCN(C)C)c1=O.CN1CCC(c2ccc(Nc3ncc4cc(N(C)c5ccccc5)c(=O)n(Cc5cccn5S(=O)(=O)c5ccccc5)c4n3)cc2)CC1.Cc1ccccc1Oc1cc2cnc(Nc3ccc(N4CCN(C)CC4)cc3)nc2n(Cc2ccnn2S(=O)(=O)c2ccncc2)c1=O. The van der Waals surface area contributed by atoms with Crippen LogP contribution in [0.5, 0.6) is 11.5 Å². The summed E-state index contributed by atoms with van der Waals surface area (Å²) in [5, 5.41) is 15.6. The Labute approximate surface area is 828 Å². The van der Waals surface area contributed by atoms with Gasteiger partial charge in [-0.3, -0.25) is 33.1 Å². The van der Waals surface area contributed by atoms with Gasteiger partial charge in [0.15, 0.2) is 5.75 Å². The number of piperidine rings is 2. The lowest BCUT2D eigenvalue weighted by Crippen LogP contribution is -2.44. The van der Waals surface area contributed by atoms with Crippen LogP contribution in [0, 0.1) is 6.92 Å². The molecule has 3 N–H and O–H groups in total. The Morgan fingerprint density at radius 2 is 1.03 bits per heavy atom. The van der Waals surface area contributed by atoms with E-state index in [1.54, 1.807) is 102 Å². The van der Waals surface area contributed by atoms with Crippen molar-refractivity contribution in [1.82, 2.24) is 81.3 Å². The van der Waals surface area contributed by atoms with Crippen molar-refractivity contribution in [1.29, 1.82) is 0 Å². The van der Waals surface area contributed by atoms with Crippen molar-refractivity contribution < 1.29 is 34.4 Å². The van der Waals surface area contributed by atoms with Crippen molar-refractivity contribution in [3.63, 3.8) is 0 Å². The van der Waals surface area contributed by atoms with Crippen LogP contribution in [0.15, 0.2) is 333 Å². The highest BCUT2D eigenvalue weighted by molar-refractivity contribution is 7.91. The number of furan rings is 1. The fourth-order valence-corrected chi connectivity index (χ4v) is 22.1. The van der Waals surface area contributed by atoms with Crippen molar-refractivity contribution in [3.05, 3.63) is 375 Å². The highest BCUT2D eigenvalue weighted by atomic mass is 32.2. The van der Waals surface area contributed by atoms with Crippen LogP contribution in [0.3, 0.4) is 0 Å². The van der Waals surface area contributed by atoms with E-state index in [2.05, 4.69) is 125 Å². The molecule has 0 spiro atoms. The van der Waals surface area contributed by atoms with Crippen LogP contribution in [0.2, 0.25) is 0 Å². The molecule has 0 saturated carbocycles. The zero-order valence-electron chi connectivity index (χ0n) is 80.3. The molecule has 20 rings (SSSR count). The molecule has 3 aliphatic heterocycles. The van der Waals surface area contributed by atoms with E-state index in [4.69, 9.17) is 24.1 Å². The summed E-state index contributed by atoms with van der Waals surface area (Å²) in [6.45, 7) is 14.5. The van der Waals surface area contributed by atoms with Gasteiger partial charge in [0.1, 0.15) is 28.4 Å². The van der Waals surface area contributed by atoms with E-state index in [0.717, 1.165) is 109 Å². The fourth-order valence-electron chi connectivity index (χ4n) is 17.9. The number of aryl methyl sites for hydroxylation is 1. The topological polar surface area (TPSA) is 359 Å². The van der Waals surface area contributed by atoms with Crippen molar-refractivity contribution >= 4 is 121 Å². The van der Waals surface area contributed by atoms with E-state index < -0.39 is 35.4 Å². The van der Waals surface area contributed by atoms with Gasteiger partial charge in [0.05, 0.1) is 59.0 Å². The highest BCUT2D eigenvalue weighted by Crippen LogP contribution is 2.36. The Morgan fingerprint density at radius 3 is 1.64 bits per heavy atom. The summed E-state index contributed by atoms with van der Waals surface area (Å²) in [5.74, 6) is 2.42. The molecule has 732 valence electrons. The van der Waals surface area contributed by atoms with E-state index in [1.165, 1.54) is 84.8 Å². The third kappa shape index (κ3) is 22.3. The van der Waals surface area contributed by atoms with E-state index in [0.29, 0.717) is 91.6 Å². The molecular weight excluding hydrogens is 1870 g/mol. The Balaban J connectivity index is 0.000000141. The number of para-hydroxylation sites is 2. The second-order valence-electron chi connectivity index (χ2n) is 36.3. The number of likely N-dealkylation sites (tertiary alicyclic amines) is 2. The number of hydrogen-bond donors (Lipinski definition) is 3. The Hall–Kier alpha value is -15.4. The van der Waals surface area contributed by atoms with Crippen molar-refractivity contribution in [2.45, 2.75) is 79.0 Å². The predicted molar refractivity (Wildman–Crippen MR) is 559 cm³/mol. The van der Waals surface area contributed by atoms with Crippen LogP contribution < -0.4 is 47.2 Å². The maximum absolute atomic E-state index is 14.3. The largest absolute Gasteiger partial charge is 0.453 e. The lowest BCUT2D eigenvalue weighted by molar-refractivity contribution is 0.251. The van der Waals surface area contributed by atoms with Crippen LogP contribution in [-0.4, -0.2) is 214 Å². The number of nitrogens with zero attached hydrogens (tertiary/aromatic N) is 19. The summed E-state index contributed by atoms with van der Waals surface area (Å²) in [6, 6.07) is 73.8. The summed E-state index contributed by atoms with van der Waals surface area (Å²) >= 11 is 0. The first kappa shape index (κ1) is 97.8. The number of ether oxygens (including phenoxy) is 1. The zero-order chi connectivity index (χ0) is 99.6. The Kier molecular flexibility index (Phi) is 29.4. The molecule has 0 amide bonds. The van der Waals surface area contributed by atoms with Crippen LogP contribution in [-0.2, 0) is 49.5 Å². The summed E-state index contributed by atoms with van der Waals surface area (Å²) in [4.78, 5) is 87.7. The molecule has 143 heavy (non-hydrogen) atoms. The van der Waals surface area contributed by atoms with E-state index in [9.17, 15) is 39.6 Å². The highest BCUT2D eigenvalue weighted by Gasteiger charge is 2.30. The molecule has 13 heterocycles. The number of hydrogen-bond acceptors (Lipinski definition) is 28. The third-order valence-electron chi connectivity index (χ3n) is 26.0. The Morgan fingerprint density at radius 1 is 0.497 bits per heavy atom. The van der Waals surface area contributed by atoms with Crippen molar-refractivity contribution in [2.75, 3.05) is 133 Å². The number of benzene rings is 7. The van der Waals surface area contributed by atoms with Crippen molar-refractivity contribution in [3.8, 4) is 11.5 Å². The molecule has 1 atom stereocenters. The maximum atomic E-state index is 14.3. The lowest BCUT2D eigenvalue weighted by Gasteiger charge is -2.34. The van der Waals surface area contributed by atoms with E-state index in [-0.39, 0.29) is 74.4 Å². The number of pyridine rings is 4. The first-order chi connectivity index (χ1) is 69.1. The number of rotatable bonds is 29. The van der Waals surface area contributed by atoms with Gasteiger partial charge >= 0.3 is 0 Å². The fraction of sp³-hybridized carbons (Fsp3) is 0.243. The quantitative estimate of drug-likeness (QED) is 0.0392. The minimum absolute atomic E-state index is 0.0174. The normalized spacial score (nSPS) is 14.6.